The van der Waals surface area contributed by atoms with E-state index in [-0.39, 0.29) is 5.91 Å². The van der Waals surface area contributed by atoms with Crippen LogP contribution in [0.1, 0.15) is 45.1 Å². The number of unbranched alkanes of at least 4 members (excludes halogenated alkanes) is 2. The zero-order valence-electron chi connectivity index (χ0n) is 17.4. The predicted molar refractivity (Wildman–Crippen MR) is 114 cm³/mol. The van der Waals surface area contributed by atoms with Crippen LogP contribution in [0.2, 0.25) is 0 Å². The minimum atomic E-state index is 0.0817. The normalized spacial score (nSPS) is 17.9. The Balaban J connectivity index is 1.50. The van der Waals surface area contributed by atoms with Gasteiger partial charge in [-0.2, -0.15) is 9.97 Å². The lowest BCUT2D eigenvalue weighted by atomic mass is 10.2. The van der Waals surface area contributed by atoms with Gasteiger partial charge in [-0.1, -0.05) is 20.3 Å². The summed E-state index contributed by atoms with van der Waals surface area (Å²) >= 11 is 0. The van der Waals surface area contributed by atoms with E-state index in [1.807, 2.05) is 0 Å². The number of carbonyl (C=O) groups is 1. The number of amides is 1. The standard InChI is InChI=1S/C20H35N7O/c1-3-5-8-22-20-23-18(21)16-15-17(28)27(19(16)24-20)10-7-6-9-26-13-11-25(4-2)12-14-26/h3-15H2,1-2H3,(H3,21,22,23,24). The van der Waals surface area contributed by atoms with Gasteiger partial charge in [0.05, 0.1) is 6.42 Å². The molecular formula is C20H35N7O. The predicted octanol–water partition coefficient (Wildman–Crippen LogP) is 1.58. The van der Waals surface area contributed by atoms with E-state index in [4.69, 9.17) is 5.73 Å². The molecule has 1 aromatic heterocycles. The summed E-state index contributed by atoms with van der Waals surface area (Å²) in [5.74, 6) is 1.73. The van der Waals surface area contributed by atoms with Crippen molar-refractivity contribution in [2.24, 2.45) is 0 Å². The van der Waals surface area contributed by atoms with Crippen molar-refractivity contribution in [1.29, 1.82) is 0 Å². The van der Waals surface area contributed by atoms with Gasteiger partial charge in [0.2, 0.25) is 11.9 Å². The molecule has 1 saturated heterocycles. The van der Waals surface area contributed by atoms with Gasteiger partial charge in [-0.15, -0.1) is 0 Å². The summed E-state index contributed by atoms with van der Waals surface area (Å²) in [6.45, 7) is 12.8. The van der Waals surface area contributed by atoms with E-state index in [9.17, 15) is 4.79 Å². The van der Waals surface area contributed by atoms with Gasteiger partial charge in [0, 0.05) is 44.8 Å². The number of hydrogen-bond acceptors (Lipinski definition) is 7. The average Bonchev–Trinajstić information content (AvgIpc) is 3.02. The zero-order chi connectivity index (χ0) is 19.9. The number of fused-ring (bicyclic) bond motifs is 1. The van der Waals surface area contributed by atoms with Crippen LogP contribution in [-0.2, 0) is 11.2 Å². The number of nitrogens with zero attached hydrogens (tertiary/aromatic N) is 5. The molecule has 1 amide bonds. The maximum Gasteiger partial charge on any atom is 0.232 e. The molecule has 1 aromatic rings. The molecule has 2 aliphatic heterocycles. The summed E-state index contributed by atoms with van der Waals surface area (Å²) in [7, 11) is 0. The highest BCUT2D eigenvalue weighted by molar-refractivity contribution is 6.01. The van der Waals surface area contributed by atoms with E-state index in [0.717, 1.165) is 64.0 Å². The number of rotatable bonds is 10. The quantitative estimate of drug-likeness (QED) is 0.587. The third kappa shape index (κ3) is 5.11. The molecule has 0 radical (unpaired) electrons. The summed E-state index contributed by atoms with van der Waals surface area (Å²) in [6.07, 6.45) is 4.53. The summed E-state index contributed by atoms with van der Waals surface area (Å²) in [5, 5.41) is 3.22. The first kappa shape index (κ1) is 20.8. The Morgan fingerprint density at radius 1 is 1.00 bits per heavy atom. The van der Waals surface area contributed by atoms with Crippen LogP contribution < -0.4 is 16.0 Å². The molecule has 0 spiro atoms. The first-order valence-corrected chi connectivity index (χ1v) is 10.8. The van der Waals surface area contributed by atoms with Crippen LogP contribution in [0.3, 0.4) is 0 Å². The molecule has 2 aliphatic rings. The molecule has 0 unspecified atom stereocenters. The van der Waals surface area contributed by atoms with Gasteiger partial charge in [0.1, 0.15) is 11.6 Å². The van der Waals surface area contributed by atoms with Crippen LogP contribution in [0.15, 0.2) is 0 Å². The molecular weight excluding hydrogens is 354 g/mol. The van der Waals surface area contributed by atoms with Gasteiger partial charge >= 0.3 is 0 Å². The fourth-order valence-corrected chi connectivity index (χ4v) is 3.87. The third-order valence-corrected chi connectivity index (χ3v) is 5.73. The summed E-state index contributed by atoms with van der Waals surface area (Å²) < 4.78 is 0. The van der Waals surface area contributed by atoms with Crippen molar-refractivity contribution in [3.05, 3.63) is 5.56 Å². The summed E-state index contributed by atoms with van der Waals surface area (Å²) in [4.78, 5) is 28.2. The first-order valence-electron chi connectivity index (χ1n) is 10.8. The van der Waals surface area contributed by atoms with Crippen LogP contribution in [0.5, 0.6) is 0 Å². The molecule has 0 aromatic carbocycles. The van der Waals surface area contributed by atoms with Gasteiger partial charge in [0.25, 0.3) is 0 Å². The number of piperazine rings is 1. The van der Waals surface area contributed by atoms with Gasteiger partial charge in [-0.05, 0) is 32.4 Å². The van der Waals surface area contributed by atoms with Crippen LogP contribution in [-0.4, -0.2) is 78.0 Å². The molecule has 3 N–H and O–H groups in total. The highest BCUT2D eigenvalue weighted by Gasteiger charge is 2.31. The summed E-state index contributed by atoms with van der Waals surface area (Å²) in [5.41, 5.74) is 6.88. The van der Waals surface area contributed by atoms with E-state index in [1.165, 1.54) is 13.1 Å². The number of nitrogens with one attached hydrogen (secondary N) is 1. The van der Waals surface area contributed by atoms with Crippen molar-refractivity contribution in [1.82, 2.24) is 19.8 Å². The molecule has 1 fully saturated rings. The van der Waals surface area contributed by atoms with Crippen molar-refractivity contribution in [3.63, 3.8) is 0 Å². The van der Waals surface area contributed by atoms with Crippen molar-refractivity contribution in [2.45, 2.75) is 46.0 Å². The van der Waals surface area contributed by atoms with Gasteiger partial charge in [-0.25, -0.2) is 0 Å². The van der Waals surface area contributed by atoms with Crippen molar-refractivity contribution in [3.8, 4) is 0 Å². The second kappa shape index (κ2) is 10.0. The smallest absolute Gasteiger partial charge is 0.232 e. The Hall–Kier alpha value is -1.93. The molecule has 0 aliphatic carbocycles. The first-order chi connectivity index (χ1) is 13.6. The second-order valence-electron chi connectivity index (χ2n) is 7.72. The number of nitrogen functional groups attached to an aromatic ring is 1. The Bertz CT molecular complexity index is 658. The molecule has 0 atom stereocenters. The van der Waals surface area contributed by atoms with E-state index in [2.05, 4.69) is 38.9 Å². The Morgan fingerprint density at radius 3 is 2.43 bits per heavy atom. The highest BCUT2D eigenvalue weighted by Crippen LogP contribution is 2.31. The van der Waals surface area contributed by atoms with Crippen molar-refractivity contribution < 1.29 is 4.79 Å². The van der Waals surface area contributed by atoms with E-state index in [0.29, 0.717) is 30.5 Å². The monoisotopic (exact) mass is 389 g/mol. The fourth-order valence-electron chi connectivity index (χ4n) is 3.87. The molecule has 28 heavy (non-hydrogen) atoms. The largest absolute Gasteiger partial charge is 0.383 e. The van der Waals surface area contributed by atoms with E-state index in [1.54, 1.807) is 4.90 Å². The number of nitrogens with two attached hydrogens (primary N) is 1. The number of carbonyl (C=O) groups excluding carboxylic acids is 1. The van der Waals surface area contributed by atoms with E-state index >= 15 is 0 Å². The van der Waals surface area contributed by atoms with Crippen LogP contribution in [0.25, 0.3) is 0 Å². The average molecular weight is 390 g/mol. The van der Waals surface area contributed by atoms with Gasteiger partial charge in [-0.3, -0.25) is 9.69 Å². The van der Waals surface area contributed by atoms with Crippen LogP contribution >= 0.6 is 0 Å². The number of aromatic nitrogens is 2. The van der Waals surface area contributed by atoms with Crippen molar-refractivity contribution >= 4 is 23.5 Å². The Morgan fingerprint density at radius 2 is 1.71 bits per heavy atom. The number of likely N-dealkylation sites (N-methyl/N-ethyl adjacent to an activating group) is 1. The lowest BCUT2D eigenvalue weighted by molar-refractivity contribution is -0.117. The Labute approximate surface area is 168 Å². The lowest BCUT2D eigenvalue weighted by Gasteiger charge is -2.34. The van der Waals surface area contributed by atoms with E-state index < -0.39 is 0 Å². The SMILES string of the molecule is CCCCNc1nc(N)c2c(n1)N(CCCCN1CCN(CC)CC1)C(=O)C2. The van der Waals surface area contributed by atoms with Gasteiger partial charge in [0.15, 0.2) is 0 Å². The topological polar surface area (TPSA) is 90.6 Å². The molecule has 3 heterocycles. The fraction of sp³-hybridized carbons (Fsp3) is 0.750. The molecule has 0 bridgehead atoms. The molecule has 8 heteroatoms. The number of anilines is 3. The minimum absolute atomic E-state index is 0.0817. The maximum absolute atomic E-state index is 12.5. The molecule has 0 saturated carbocycles. The Kier molecular flexibility index (Phi) is 7.44. The zero-order valence-corrected chi connectivity index (χ0v) is 17.4. The van der Waals surface area contributed by atoms with Gasteiger partial charge < -0.3 is 20.9 Å². The number of hydrogen-bond donors (Lipinski definition) is 2. The maximum atomic E-state index is 12.5. The minimum Gasteiger partial charge on any atom is -0.383 e. The van der Waals surface area contributed by atoms with Crippen molar-refractivity contribution in [2.75, 3.05) is 68.3 Å². The molecule has 3 rings (SSSR count). The molecule has 8 nitrogen and oxygen atoms in total. The second-order valence-corrected chi connectivity index (χ2v) is 7.72. The lowest BCUT2D eigenvalue weighted by Crippen LogP contribution is -2.46. The van der Waals surface area contributed by atoms with Crippen LogP contribution in [0.4, 0.5) is 17.6 Å². The highest BCUT2D eigenvalue weighted by atomic mass is 16.2. The third-order valence-electron chi connectivity index (χ3n) is 5.73. The van der Waals surface area contributed by atoms with Crippen LogP contribution in [0, 0.1) is 0 Å². The molecule has 156 valence electrons. The summed E-state index contributed by atoms with van der Waals surface area (Å²) in [6, 6.07) is 0.